The highest BCUT2D eigenvalue weighted by atomic mass is 19.4. The second-order valence-corrected chi connectivity index (χ2v) is 3.05. The Morgan fingerprint density at radius 2 is 2.18 bits per heavy atom. The number of halogens is 3. The summed E-state index contributed by atoms with van der Waals surface area (Å²) in [5.74, 6) is -0.707. The van der Waals surface area contributed by atoms with Gasteiger partial charge in [-0.3, -0.25) is 10.1 Å². The van der Waals surface area contributed by atoms with Gasteiger partial charge in [0.2, 0.25) is 0 Å². The van der Waals surface area contributed by atoms with E-state index in [0.717, 1.165) is 0 Å². The van der Waals surface area contributed by atoms with Crippen molar-refractivity contribution in [1.29, 1.82) is 0 Å². The largest absolute Gasteiger partial charge is 0.573 e. The lowest BCUT2D eigenvalue weighted by atomic mass is 10.2. The summed E-state index contributed by atoms with van der Waals surface area (Å²) in [5.41, 5.74) is 4.39. The van der Waals surface area contributed by atoms with Crippen LogP contribution in [0.25, 0.3) is 0 Å². The van der Waals surface area contributed by atoms with E-state index in [0.29, 0.717) is 6.07 Å². The number of nitrogens with zero attached hydrogens (tertiary/aromatic N) is 2. The van der Waals surface area contributed by atoms with Gasteiger partial charge in [-0.2, -0.15) is 0 Å². The molecule has 0 aliphatic rings. The lowest BCUT2D eigenvalue weighted by Gasteiger charge is -2.11. The Labute approximate surface area is 93.3 Å². The van der Waals surface area contributed by atoms with E-state index >= 15 is 0 Å². The van der Waals surface area contributed by atoms with Crippen LogP contribution < -0.4 is 10.5 Å². The lowest BCUT2D eigenvalue weighted by molar-refractivity contribution is -0.386. The fourth-order valence-corrected chi connectivity index (χ4v) is 1.16. The third-order valence-electron chi connectivity index (χ3n) is 1.84. The van der Waals surface area contributed by atoms with Gasteiger partial charge in [-0.25, -0.2) is 4.98 Å². The summed E-state index contributed by atoms with van der Waals surface area (Å²) in [6.07, 6.45) is -4.93. The van der Waals surface area contributed by atoms with E-state index in [9.17, 15) is 23.3 Å². The van der Waals surface area contributed by atoms with Crippen molar-refractivity contribution >= 4 is 5.69 Å². The maximum Gasteiger partial charge on any atom is 0.573 e. The minimum atomic E-state index is -4.93. The van der Waals surface area contributed by atoms with Crippen LogP contribution in [0, 0.1) is 17.0 Å². The molecule has 1 heterocycles. The second kappa shape index (κ2) is 4.53. The molecular formula is C8H8F3N3O3. The fraction of sp³-hybridized carbons (Fsp3) is 0.375. The standard InChI is InChI=1S/C8H8F3N3O3/c1-4-7(17-8(9,10)11)2-6(14(15)16)5(3-12)13-4/h2H,3,12H2,1H3. The van der Waals surface area contributed by atoms with Crippen molar-refractivity contribution in [2.24, 2.45) is 5.73 Å². The van der Waals surface area contributed by atoms with Gasteiger partial charge in [-0.05, 0) is 6.92 Å². The van der Waals surface area contributed by atoms with Crippen LogP contribution in [0.3, 0.4) is 0 Å². The molecule has 0 radical (unpaired) electrons. The molecule has 0 aliphatic heterocycles. The summed E-state index contributed by atoms with van der Waals surface area (Å²) in [7, 11) is 0. The molecule has 0 amide bonds. The van der Waals surface area contributed by atoms with Gasteiger partial charge in [0.25, 0.3) is 5.69 Å². The van der Waals surface area contributed by atoms with Gasteiger partial charge in [0.1, 0.15) is 5.69 Å². The molecular weight excluding hydrogens is 243 g/mol. The molecule has 94 valence electrons. The first-order chi connectivity index (χ1) is 7.74. The lowest BCUT2D eigenvalue weighted by Crippen LogP contribution is -2.19. The molecule has 0 bridgehead atoms. The summed E-state index contributed by atoms with van der Waals surface area (Å²) in [4.78, 5) is 13.3. The first-order valence-electron chi connectivity index (χ1n) is 4.35. The number of aryl methyl sites for hydroxylation is 1. The van der Waals surface area contributed by atoms with Crippen molar-refractivity contribution in [3.8, 4) is 5.75 Å². The molecule has 0 fully saturated rings. The number of pyridine rings is 1. The first kappa shape index (κ1) is 13.2. The zero-order valence-electron chi connectivity index (χ0n) is 8.61. The third kappa shape index (κ3) is 3.28. The third-order valence-corrected chi connectivity index (χ3v) is 1.84. The number of nitro groups is 1. The Hall–Kier alpha value is -1.90. The summed E-state index contributed by atoms with van der Waals surface area (Å²) >= 11 is 0. The van der Waals surface area contributed by atoms with E-state index in [1.165, 1.54) is 6.92 Å². The molecule has 1 aromatic rings. The number of aromatic nitrogens is 1. The van der Waals surface area contributed by atoms with Crippen molar-refractivity contribution in [1.82, 2.24) is 4.98 Å². The summed E-state index contributed by atoms with van der Waals surface area (Å²) in [5, 5.41) is 10.6. The zero-order valence-corrected chi connectivity index (χ0v) is 8.61. The molecule has 0 saturated heterocycles. The van der Waals surface area contributed by atoms with Crippen molar-refractivity contribution in [3.63, 3.8) is 0 Å². The Morgan fingerprint density at radius 1 is 1.59 bits per heavy atom. The van der Waals surface area contributed by atoms with E-state index in [-0.39, 0.29) is 17.9 Å². The topological polar surface area (TPSA) is 91.3 Å². The summed E-state index contributed by atoms with van der Waals surface area (Å²) < 4.78 is 39.6. The predicted octanol–water partition coefficient (Wildman–Crippen LogP) is 1.66. The van der Waals surface area contributed by atoms with Crippen LogP contribution >= 0.6 is 0 Å². The van der Waals surface area contributed by atoms with Crippen molar-refractivity contribution < 1.29 is 22.8 Å². The van der Waals surface area contributed by atoms with Crippen LogP contribution in [0.1, 0.15) is 11.4 Å². The molecule has 0 saturated carbocycles. The molecule has 0 unspecified atom stereocenters. The predicted molar refractivity (Wildman–Crippen MR) is 50.2 cm³/mol. The number of rotatable bonds is 3. The Kier molecular flexibility index (Phi) is 3.51. The highest BCUT2D eigenvalue weighted by Crippen LogP contribution is 2.30. The number of nitrogens with two attached hydrogens (primary N) is 1. The van der Waals surface area contributed by atoms with Gasteiger partial charge in [-0.1, -0.05) is 0 Å². The van der Waals surface area contributed by atoms with E-state index < -0.39 is 22.7 Å². The van der Waals surface area contributed by atoms with Gasteiger partial charge < -0.3 is 10.5 Å². The monoisotopic (exact) mass is 251 g/mol. The van der Waals surface area contributed by atoms with Gasteiger partial charge in [0, 0.05) is 6.54 Å². The van der Waals surface area contributed by atoms with Crippen molar-refractivity contribution in [2.45, 2.75) is 19.8 Å². The number of alkyl halides is 3. The summed E-state index contributed by atoms with van der Waals surface area (Å²) in [6.45, 7) is 0.993. The van der Waals surface area contributed by atoms with Crippen molar-refractivity contribution in [2.75, 3.05) is 0 Å². The maximum absolute atomic E-state index is 12.0. The van der Waals surface area contributed by atoms with Crippen LogP contribution in [0.5, 0.6) is 5.75 Å². The molecule has 0 aromatic carbocycles. The first-order valence-corrected chi connectivity index (χ1v) is 4.35. The number of hydrogen-bond donors (Lipinski definition) is 1. The zero-order chi connectivity index (χ0) is 13.2. The Balaban J connectivity index is 3.25. The maximum atomic E-state index is 12.0. The molecule has 0 aliphatic carbocycles. The minimum Gasteiger partial charge on any atom is -0.404 e. The average Bonchev–Trinajstić information content (AvgIpc) is 2.18. The van der Waals surface area contributed by atoms with E-state index in [2.05, 4.69) is 9.72 Å². The minimum absolute atomic E-state index is 0.0953. The average molecular weight is 251 g/mol. The quantitative estimate of drug-likeness (QED) is 0.651. The van der Waals surface area contributed by atoms with E-state index in [1.54, 1.807) is 0 Å². The Morgan fingerprint density at radius 3 is 2.59 bits per heavy atom. The molecule has 0 atom stereocenters. The Bertz CT molecular complexity index is 448. The molecule has 0 spiro atoms. The number of ether oxygens (including phenoxy) is 1. The van der Waals surface area contributed by atoms with Crippen LogP contribution in [-0.2, 0) is 6.54 Å². The molecule has 6 nitrogen and oxygen atoms in total. The van der Waals surface area contributed by atoms with Crippen LogP contribution in [0.2, 0.25) is 0 Å². The van der Waals surface area contributed by atoms with E-state index in [4.69, 9.17) is 5.73 Å². The van der Waals surface area contributed by atoms with Gasteiger partial charge in [-0.15, -0.1) is 13.2 Å². The van der Waals surface area contributed by atoms with Crippen LogP contribution in [-0.4, -0.2) is 16.3 Å². The van der Waals surface area contributed by atoms with Crippen LogP contribution in [0.4, 0.5) is 18.9 Å². The summed E-state index contributed by atoms with van der Waals surface area (Å²) in [6, 6.07) is 0.665. The normalized spacial score (nSPS) is 11.4. The highest BCUT2D eigenvalue weighted by molar-refractivity contribution is 5.44. The molecule has 2 N–H and O–H groups in total. The van der Waals surface area contributed by atoms with E-state index in [1.807, 2.05) is 0 Å². The highest BCUT2D eigenvalue weighted by Gasteiger charge is 2.33. The van der Waals surface area contributed by atoms with Gasteiger partial charge >= 0.3 is 6.36 Å². The van der Waals surface area contributed by atoms with Crippen LogP contribution in [0.15, 0.2) is 6.07 Å². The SMILES string of the molecule is Cc1nc(CN)c([N+](=O)[O-])cc1OC(F)(F)F. The molecule has 1 aromatic heterocycles. The molecule has 1 rings (SSSR count). The number of hydrogen-bond acceptors (Lipinski definition) is 5. The van der Waals surface area contributed by atoms with Gasteiger partial charge in [0.15, 0.2) is 5.75 Å². The second-order valence-electron chi connectivity index (χ2n) is 3.05. The smallest absolute Gasteiger partial charge is 0.404 e. The molecule has 17 heavy (non-hydrogen) atoms. The van der Waals surface area contributed by atoms with Crippen molar-refractivity contribution in [3.05, 3.63) is 27.6 Å². The van der Waals surface area contributed by atoms with Gasteiger partial charge in [0.05, 0.1) is 16.7 Å². The molecule has 9 heteroatoms. The fourth-order valence-electron chi connectivity index (χ4n) is 1.16.